The van der Waals surface area contributed by atoms with Crippen LogP contribution < -0.4 is 0 Å². The summed E-state index contributed by atoms with van der Waals surface area (Å²) in [4.78, 5) is 2.85. The SMILES string of the molecule is Oc1c(Cl)ccc2c1[nH]c1c(O)ccc(O)c12. The molecule has 0 unspecified atom stereocenters. The molecule has 0 fully saturated rings. The number of halogens is 1. The van der Waals surface area contributed by atoms with Crippen molar-refractivity contribution in [2.75, 3.05) is 0 Å². The predicted molar refractivity (Wildman–Crippen MR) is 65.8 cm³/mol. The van der Waals surface area contributed by atoms with E-state index >= 15 is 0 Å². The Hall–Kier alpha value is -2.07. The van der Waals surface area contributed by atoms with Crippen molar-refractivity contribution in [3.05, 3.63) is 29.3 Å². The molecule has 0 saturated carbocycles. The van der Waals surface area contributed by atoms with E-state index in [0.29, 0.717) is 21.8 Å². The molecule has 0 amide bonds. The van der Waals surface area contributed by atoms with Gasteiger partial charge in [-0.15, -0.1) is 0 Å². The summed E-state index contributed by atoms with van der Waals surface area (Å²) in [7, 11) is 0. The Labute approximate surface area is 101 Å². The maximum absolute atomic E-state index is 9.81. The summed E-state index contributed by atoms with van der Waals surface area (Å²) >= 11 is 5.80. The van der Waals surface area contributed by atoms with Crippen molar-refractivity contribution in [1.29, 1.82) is 0 Å². The van der Waals surface area contributed by atoms with Gasteiger partial charge in [-0.05, 0) is 18.2 Å². The van der Waals surface area contributed by atoms with E-state index in [0.717, 1.165) is 0 Å². The zero-order chi connectivity index (χ0) is 12.2. The third kappa shape index (κ3) is 1.24. The number of fused-ring (bicyclic) bond motifs is 3. The van der Waals surface area contributed by atoms with Crippen molar-refractivity contribution in [3.63, 3.8) is 0 Å². The monoisotopic (exact) mass is 249 g/mol. The number of rotatable bonds is 0. The molecule has 3 rings (SSSR count). The lowest BCUT2D eigenvalue weighted by Gasteiger charge is -1.98. The molecular formula is C12H8ClNO3. The number of H-pyrrole nitrogens is 1. The first kappa shape index (κ1) is 10.1. The van der Waals surface area contributed by atoms with E-state index in [-0.39, 0.29) is 22.3 Å². The van der Waals surface area contributed by atoms with Crippen LogP contribution in [0.25, 0.3) is 21.8 Å². The van der Waals surface area contributed by atoms with Crippen molar-refractivity contribution in [2.24, 2.45) is 0 Å². The molecule has 0 aliphatic heterocycles. The third-order valence-electron chi connectivity index (χ3n) is 2.81. The summed E-state index contributed by atoms with van der Waals surface area (Å²) in [6.45, 7) is 0. The lowest BCUT2D eigenvalue weighted by molar-refractivity contribution is 0.469. The van der Waals surface area contributed by atoms with E-state index < -0.39 is 0 Å². The number of phenols is 3. The van der Waals surface area contributed by atoms with Gasteiger partial charge in [-0.3, -0.25) is 0 Å². The highest BCUT2D eigenvalue weighted by atomic mass is 35.5. The van der Waals surface area contributed by atoms with Crippen LogP contribution >= 0.6 is 11.6 Å². The van der Waals surface area contributed by atoms with E-state index in [4.69, 9.17) is 11.6 Å². The van der Waals surface area contributed by atoms with Crippen molar-refractivity contribution in [1.82, 2.24) is 4.98 Å². The molecule has 0 bridgehead atoms. The van der Waals surface area contributed by atoms with Crippen molar-refractivity contribution >= 4 is 33.4 Å². The number of hydrogen-bond donors (Lipinski definition) is 4. The van der Waals surface area contributed by atoms with Crippen molar-refractivity contribution in [3.8, 4) is 17.2 Å². The van der Waals surface area contributed by atoms with Crippen LogP contribution in [0.4, 0.5) is 0 Å². The van der Waals surface area contributed by atoms with Crippen LogP contribution in [0.1, 0.15) is 0 Å². The fraction of sp³-hybridized carbons (Fsp3) is 0. The third-order valence-corrected chi connectivity index (χ3v) is 3.11. The molecule has 4 N–H and O–H groups in total. The van der Waals surface area contributed by atoms with Crippen LogP contribution in [0, 0.1) is 0 Å². The van der Waals surface area contributed by atoms with Crippen LogP contribution in [0.3, 0.4) is 0 Å². The average molecular weight is 250 g/mol. The first-order valence-electron chi connectivity index (χ1n) is 4.93. The van der Waals surface area contributed by atoms with Gasteiger partial charge in [-0.25, -0.2) is 0 Å². The van der Waals surface area contributed by atoms with Gasteiger partial charge in [-0.2, -0.15) is 0 Å². The van der Waals surface area contributed by atoms with Crippen LogP contribution in [0.5, 0.6) is 17.2 Å². The number of hydrogen-bond acceptors (Lipinski definition) is 3. The Bertz CT molecular complexity index is 748. The highest BCUT2D eigenvalue weighted by Gasteiger charge is 2.15. The largest absolute Gasteiger partial charge is 0.507 e. The Kier molecular flexibility index (Phi) is 1.91. The van der Waals surface area contributed by atoms with Gasteiger partial charge in [0.15, 0.2) is 5.75 Å². The Morgan fingerprint density at radius 2 is 1.59 bits per heavy atom. The second-order valence-corrected chi connectivity index (χ2v) is 4.20. The molecule has 17 heavy (non-hydrogen) atoms. The zero-order valence-electron chi connectivity index (χ0n) is 8.53. The van der Waals surface area contributed by atoms with Crippen LogP contribution in [-0.4, -0.2) is 20.3 Å². The summed E-state index contributed by atoms with van der Waals surface area (Å²) in [6, 6.07) is 5.99. The molecule has 1 heterocycles. The summed E-state index contributed by atoms with van der Waals surface area (Å²) in [5.41, 5.74) is 0.766. The average Bonchev–Trinajstić information content (AvgIpc) is 2.70. The molecule has 3 aromatic rings. The van der Waals surface area contributed by atoms with E-state index in [9.17, 15) is 15.3 Å². The lowest BCUT2D eigenvalue weighted by Crippen LogP contribution is -1.72. The van der Waals surface area contributed by atoms with Gasteiger partial charge in [0, 0.05) is 5.39 Å². The van der Waals surface area contributed by atoms with Gasteiger partial charge >= 0.3 is 0 Å². The second kappa shape index (κ2) is 3.21. The molecule has 0 atom stereocenters. The summed E-state index contributed by atoms with van der Waals surface area (Å²) in [5, 5.41) is 30.6. The molecule has 2 aromatic carbocycles. The van der Waals surface area contributed by atoms with Crippen LogP contribution in [0.15, 0.2) is 24.3 Å². The summed E-state index contributed by atoms with van der Waals surface area (Å²) in [6.07, 6.45) is 0. The van der Waals surface area contributed by atoms with Gasteiger partial charge < -0.3 is 20.3 Å². The number of benzene rings is 2. The summed E-state index contributed by atoms with van der Waals surface area (Å²) < 4.78 is 0. The van der Waals surface area contributed by atoms with E-state index in [1.807, 2.05) is 0 Å². The first-order chi connectivity index (χ1) is 8.09. The number of aromatic nitrogens is 1. The molecule has 0 aliphatic carbocycles. The topological polar surface area (TPSA) is 76.5 Å². The molecular weight excluding hydrogens is 242 g/mol. The second-order valence-electron chi connectivity index (χ2n) is 3.80. The number of nitrogens with one attached hydrogen (secondary N) is 1. The van der Waals surface area contributed by atoms with Gasteiger partial charge in [0.2, 0.25) is 0 Å². The number of aromatic amines is 1. The fourth-order valence-corrected chi connectivity index (χ4v) is 2.16. The minimum absolute atomic E-state index is 0.00419. The van der Waals surface area contributed by atoms with E-state index in [1.54, 1.807) is 6.07 Å². The van der Waals surface area contributed by atoms with Gasteiger partial charge in [-0.1, -0.05) is 17.7 Å². The highest BCUT2D eigenvalue weighted by Crippen LogP contribution is 2.41. The standard InChI is InChI=1S/C12H8ClNO3/c13-6-2-1-5-9-7(15)3-4-8(16)11(9)14-10(5)12(6)17/h1-4,14-17H. The molecule has 0 saturated heterocycles. The molecule has 0 spiro atoms. The van der Waals surface area contributed by atoms with Crippen molar-refractivity contribution in [2.45, 2.75) is 0 Å². The quantitative estimate of drug-likeness (QED) is 0.463. The normalized spacial score (nSPS) is 11.4. The molecule has 4 nitrogen and oxygen atoms in total. The minimum Gasteiger partial charge on any atom is -0.507 e. The minimum atomic E-state index is -0.0980. The Morgan fingerprint density at radius 1 is 0.882 bits per heavy atom. The Balaban J connectivity index is 2.63. The number of phenolic OH excluding ortho intramolecular Hbond substituents is 3. The first-order valence-corrected chi connectivity index (χ1v) is 5.31. The highest BCUT2D eigenvalue weighted by molar-refractivity contribution is 6.33. The lowest BCUT2D eigenvalue weighted by atomic mass is 10.1. The maximum atomic E-state index is 9.81. The van der Waals surface area contributed by atoms with Crippen LogP contribution in [-0.2, 0) is 0 Å². The molecule has 0 aliphatic rings. The molecule has 1 aromatic heterocycles. The Morgan fingerprint density at radius 3 is 2.35 bits per heavy atom. The zero-order valence-corrected chi connectivity index (χ0v) is 9.28. The molecule has 0 radical (unpaired) electrons. The molecule has 86 valence electrons. The van der Waals surface area contributed by atoms with Gasteiger partial charge in [0.05, 0.1) is 21.4 Å². The van der Waals surface area contributed by atoms with Gasteiger partial charge in [0.25, 0.3) is 0 Å². The fourth-order valence-electron chi connectivity index (χ4n) is 2.01. The maximum Gasteiger partial charge on any atom is 0.158 e. The smallest absolute Gasteiger partial charge is 0.158 e. The van der Waals surface area contributed by atoms with E-state index in [2.05, 4.69) is 4.98 Å². The van der Waals surface area contributed by atoms with E-state index in [1.165, 1.54) is 18.2 Å². The van der Waals surface area contributed by atoms with Crippen LogP contribution in [0.2, 0.25) is 5.02 Å². The summed E-state index contributed by atoms with van der Waals surface area (Å²) in [5.74, 6) is -0.0607. The van der Waals surface area contributed by atoms with Crippen molar-refractivity contribution < 1.29 is 15.3 Å². The van der Waals surface area contributed by atoms with Gasteiger partial charge in [0.1, 0.15) is 11.5 Å². The number of aromatic hydroxyl groups is 3. The molecule has 5 heteroatoms. The predicted octanol–water partition coefficient (Wildman–Crippen LogP) is 3.09.